The van der Waals surface area contributed by atoms with Crippen LogP contribution in [0.2, 0.25) is 5.02 Å². The van der Waals surface area contributed by atoms with Crippen LogP contribution in [0.5, 0.6) is 0 Å². The van der Waals surface area contributed by atoms with Gasteiger partial charge in [-0.1, -0.05) is 17.7 Å². The fourth-order valence-corrected chi connectivity index (χ4v) is 3.11. The van der Waals surface area contributed by atoms with Gasteiger partial charge in [0.15, 0.2) is 5.96 Å². The van der Waals surface area contributed by atoms with Crippen molar-refractivity contribution in [1.29, 1.82) is 0 Å². The molecule has 0 radical (unpaired) electrons. The predicted octanol–water partition coefficient (Wildman–Crippen LogP) is 3.73. The fourth-order valence-electron chi connectivity index (χ4n) is 2.99. The number of benzene rings is 1. The van der Waals surface area contributed by atoms with Gasteiger partial charge < -0.3 is 19.4 Å². The summed E-state index contributed by atoms with van der Waals surface area (Å²) in [6.07, 6.45) is 3.48. The molecule has 0 spiro atoms. The van der Waals surface area contributed by atoms with Crippen LogP contribution in [-0.4, -0.2) is 44.2 Å². The minimum atomic E-state index is -0.407. The zero-order valence-corrected chi connectivity index (χ0v) is 16.2. The summed E-state index contributed by atoms with van der Waals surface area (Å²) < 4.78 is 24.5. The molecular formula is C20H25ClFN3O2. The molecule has 146 valence electrons. The molecule has 0 bridgehead atoms. The Bertz CT molecular complexity index is 746. The Kier molecular flexibility index (Phi) is 7.12. The minimum absolute atomic E-state index is 0.132. The molecule has 3 rings (SSSR count). The van der Waals surface area contributed by atoms with Gasteiger partial charge in [0.2, 0.25) is 0 Å². The molecule has 1 aliphatic rings. The number of nitrogens with one attached hydrogen (secondary N) is 1. The highest BCUT2D eigenvalue weighted by Crippen LogP contribution is 2.17. The zero-order valence-electron chi connectivity index (χ0n) is 15.5. The van der Waals surface area contributed by atoms with Gasteiger partial charge in [-0.05, 0) is 36.2 Å². The number of guanidine groups is 1. The highest BCUT2D eigenvalue weighted by Gasteiger charge is 2.16. The van der Waals surface area contributed by atoms with Crippen molar-refractivity contribution < 1.29 is 13.5 Å². The summed E-state index contributed by atoms with van der Waals surface area (Å²) in [5, 5.41) is 3.52. The van der Waals surface area contributed by atoms with Crippen LogP contribution in [0.3, 0.4) is 0 Å². The van der Waals surface area contributed by atoms with E-state index >= 15 is 0 Å². The maximum absolute atomic E-state index is 13.7. The van der Waals surface area contributed by atoms with Crippen LogP contribution in [0.25, 0.3) is 0 Å². The second-order valence-electron chi connectivity index (χ2n) is 6.75. The van der Waals surface area contributed by atoms with Crippen LogP contribution < -0.4 is 5.32 Å². The van der Waals surface area contributed by atoms with Gasteiger partial charge >= 0.3 is 0 Å². The quantitative estimate of drug-likeness (QED) is 0.575. The molecule has 27 heavy (non-hydrogen) atoms. The van der Waals surface area contributed by atoms with E-state index in [1.165, 1.54) is 6.07 Å². The lowest BCUT2D eigenvalue weighted by atomic mass is 10.1. The number of ether oxygens (including phenoxy) is 1. The number of nitrogens with zero attached hydrogens (tertiary/aromatic N) is 2. The van der Waals surface area contributed by atoms with Crippen LogP contribution in [0.4, 0.5) is 4.39 Å². The van der Waals surface area contributed by atoms with Crippen molar-refractivity contribution in [3.8, 4) is 0 Å². The molecule has 7 heteroatoms. The summed E-state index contributed by atoms with van der Waals surface area (Å²) in [6.45, 7) is 3.51. The predicted molar refractivity (Wildman–Crippen MR) is 105 cm³/mol. The summed E-state index contributed by atoms with van der Waals surface area (Å²) in [4.78, 5) is 6.75. The van der Waals surface area contributed by atoms with E-state index < -0.39 is 5.82 Å². The first-order valence-corrected chi connectivity index (χ1v) is 9.53. The van der Waals surface area contributed by atoms with Gasteiger partial charge in [0.05, 0.1) is 17.9 Å². The van der Waals surface area contributed by atoms with Gasteiger partial charge in [0.1, 0.15) is 11.6 Å². The van der Waals surface area contributed by atoms with Gasteiger partial charge in [-0.15, -0.1) is 0 Å². The molecule has 0 aliphatic carbocycles. The third kappa shape index (κ3) is 5.97. The molecule has 1 unspecified atom stereocenters. The fraction of sp³-hybridized carbons (Fsp3) is 0.450. The Hall–Kier alpha value is -2.05. The Morgan fingerprint density at radius 1 is 1.41 bits per heavy atom. The summed E-state index contributed by atoms with van der Waals surface area (Å²) in [7, 11) is 1.94. The zero-order chi connectivity index (χ0) is 19.1. The van der Waals surface area contributed by atoms with Crippen molar-refractivity contribution in [2.75, 3.05) is 33.4 Å². The van der Waals surface area contributed by atoms with Crippen molar-refractivity contribution in [2.45, 2.75) is 19.4 Å². The molecular weight excluding hydrogens is 369 g/mol. The molecule has 1 aromatic carbocycles. The first-order chi connectivity index (χ1) is 13.1. The maximum Gasteiger partial charge on any atom is 0.193 e. The third-order valence-electron chi connectivity index (χ3n) is 4.52. The topological polar surface area (TPSA) is 50.0 Å². The normalized spacial score (nSPS) is 17.3. The van der Waals surface area contributed by atoms with E-state index in [-0.39, 0.29) is 5.02 Å². The first-order valence-electron chi connectivity index (χ1n) is 9.15. The summed E-state index contributed by atoms with van der Waals surface area (Å²) in [6, 6.07) is 8.70. The van der Waals surface area contributed by atoms with Crippen molar-refractivity contribution >= 4 is 17.6 Å². The van der Waals surface area contributed by atoms with Crippen LogP contribution in [0.1, 0.15) is 17.7 Å². The van der Waals surface area contributed by atoms with Gasteiger partial charge in [-0.2, -0.15) is 0 Å². The van der Waals surface area contributed by atoms with Crippen LogP contribution in [0, 0.1) is 11.7 Å². The highest BCUT2D eigenvalue weighted by molar-refractivity contribution is 6.30. The number of aliphatic imine (C=N–C) groups is 1. The second kappa shape index (κ2) is 9.76. The number of hydrogen-bond donors (Lipinski definition) is 1. The number of hydrogen-bond acceptors (Lipinski definition) is 3. The van der Waals surface area contributed by atoms with E-state index in [9.17, 15) is 4.39 Å². The van der Waals surface area contributed by atoms with Crippen LogP contribution >= 0.6 is 11.6 Å². The first kappa shape index (κ1) is 19.7. The largest absolute Gasteiger partial charge is 0.469 e. The van der Waals surface area contributed by atoms with Crippen LogP contribution in [0.15, 0.2) is 46.0 Å². The maximum atomic E-state index is 13.7. The van der Waals surface area contributed by atoms with Gasteiger partial charge in [0.25, 0.3) is 0 Å². The Labute approximate surface area is 164 Å². The number of rotatable bonds is 7. The monoisotopic (exact) mass is 393 g/mol. The summed E-state index contributed by atoms with van der Waals surface area (Å²) in [5.41, 5.74) is 0.837. The highest BCUT2D eigenvalue weighted by atomic mass is 35.5. The average Bonchev–Trinajstić information content (AvgIpc) is 3.34. The van der Waals surface area contributed by atoms with Crippen LogP contribution in [-0.2, 0) is 17.7 Å². The van der Waals surface area contributed by atoms with E-state index in [4.69, 9.17) is 25.7 Å². The summed E-state index contributed by atoms with van der Waals surface area (Å²) >= 11 is 5.77. The molecule has 0 amide bonds. The lowest BCUT2D eigenvalue weighted by Gasteiger charge is -2.23. The van der Waals surface area contributed by atoms with E-state index in [0.29, 0.717) is 25.6 Å². The van der Waals surface area contributed by atoms with Gasteiger partial charge in [-0.3, -0.25) is 4.99 Å². The molecule has 2 aromatic rings. The smallest absolute Gasteiger partial charge is 0.193 e. The average molecular weight is 394 g/mol. The van der Waals surface area contributed by atoms with Crippen molar-refractivity contribution in [3.05, 3.63) is 58.8 Å². The van der Waals surface area contributed by atoms with E-state index in [1.807, 2.05) is 30.1 Å². The summed E-state index contributed by atoms with van der Waals surface area (Å²) in [5.74, 6) is 1.75. The van der Waals surface area contributed by atoms with Crippen molar-refractivity contribution in [1.82, 2.24) is 10.2 Å². The molecule has 1 N–H and O–H groups in total. The van der Waals surface area contributed by atoms with Crippen molar-refractivity contribution in [3.63, 3.8) is 0 Å². The second-order valence-corrected chi connectivity index (χ2v) is 7.16. The van der Waals surface area contributed by atoms with E-state index in [0.717, 1.165) is 43.3 Å². The molecule has 1 aliphatic heterocycles. The molecule has 1 fully saturated rings. The molecule has 1 saturated heterocycles. The van der Waals surface area contributed by atoms with Crippen molar-refractivity contribution in [2.24, 2.45) is 10.9 Å². The molecule has 1 aromatic heterocycles. The molecule has 5 nitrogen and oxygen atoms in total. The van der Waals surface area contributed by atoms with E-state index in [1.54, 1.807) is 12.3 Å². The number of halogens is 2. The standard InChI is InChI=1S/C20H25ClFN3O2/c1-25(13-15-4-5-18(21)19(22)11-15)20(24-12-16-7-10-26-14-16)23-8-6-17-3-2-9-27-17/h2-5,9,11,16H,6-8,10,12-14H2,1H3,(H,23,24). The lowest BCUT2D eigenvalue weighted by molar-refractivity contribution is 0.187. The SMILES string of the molecule is CN(Cc1ccc(Cl)c(F)c1)C(=NCC1CCOC1)NCCc1ccco1. The molecule has 0 saturated carbocycles. The van der Waals surface area contributed by atoms with E-state index in [2.05, 4.69) is 5.32 Å². The molecule has 2 heterocycles. The minimum Gasteiger partial charge on any atom is -0.469 e. The Morgan fingerprint density at radius 3 is 3.00 bits per heavy atom. The molecule has 1 atom stereocenters. The number of furan rings is 1. The third-order valence-corrected chi connectivity index (χ3v) is 4.83. The lowest BCUT2D eigenvalue weighted by Crippen LogP contribution is -2.40. The Balaban J connectivity index is 1.62. The van der Waals surface area contributed by atoms with Gasteiger partial charge in [-0.25, -0.2) is 4.39 Å². The Morgan fingerprint density at radius 2 is 2.30 bits per heavy atom. The van der Waals surface area contributed by atoms with Gasteiger partial charge in [0, 0.05) is 45.6 Å².